The van der Waals surface area contributed by atoms with Gasteiger partial charge in [0.15, 0.2) is 0 Å². The van der Waals surface area contributed by atoms with Crippen molar-refractivity contribution in [1.82, 2.24) is 0 Å². The number of rotatable bonds is 0. The Bertz CT molecular complexity index is 922. The average molecular weight is 509 g/mol. The van der Waals surface area contributed by atoms with E-state index in [9.17, 15) is 0 Å². The molecule has 0 saturated heterocycles. The Hall–Kier alpha value is -0.860. The van der Waals surface area contributed by atoms with E-state index in [1.165, 1.54) is 85.5 Å². The monoisotopic (exact) mass is 508 g/mol. The van der Waals surface area contributed by atoms with Crippen LogP contribution in [0.25, 0.3) is 0 Å². The van der Waals surface area contributed by atoms with E-state index in [2.05, 4.69) is 89.3 Å². The zero-order chi connectivity index (χ0) is 25.1. The highest BCUT2D eigenvalue weighted by Gasteiger charge is 2.25. The number of hydrogen-bond donors (Lipinski definition) is 0. The Morgan fingerprint density at radius 3 is 1.29 bits per heavy atom. The maximum absolute atomic E-state index is 2.57. The van der Waals surface area contributed by atoms with Crippen LogP contribution in [0.4, 0.5) is 0 Å². The minimum atomic E-state index is 0.188. The summed E-state index contributed by atoms with van der Waals surface area (Å²) in [5.41, 5.74) is 13.2. The van der Waals surface area contributed by atoms with Crippen LogP contribution < -0.4 is 0 Å². The van der Waals surface area contributed by atoms with E-state index in [1.54, 1.807) is 33.4 Å². The molecular weight excluding hydrogens is 460 g/mol. The molecule has 1 aliphatic heterocycles. The summed E-state index contributed by atoms with van der Waals surface area (Å²) >= 11 is 4.35. The van der Waals surface area contributed by atoms with E-state index < -0.39 is 0 Å². The fourth-order valence-corrected chi connectivity index (χ4v) is 7.67. The molecule has 35 heavy (non-hydrogen) atoms. The van der Waals surface area contributed by atoms with Gasteiger partial charge in [-0.1, -0.05) is 91.5 Å². The minimum absolute atomic E-state index is 0.188. The molecule has 2 bridgehead atoms. The Balaban J connectivity index is 1.78. The van der Waals surface area contributed by atoms with Gasteiger partial charge in [-0.25, -0.2) is 0 Å². The van der Waals surface area contributed by atoms with Crippen LogP contribution in [-0.4, -0.2) is 11.5 Å². The molecule has 2 aromatic rings. The second-order valence-electron chi connectivity index (χ2n) is 12.9. The Morgan fingerprint density at radius 2 is 0.886 bits per heavy atom. The molecule has 4 rings (SSSR count). The maximum Gasteiger partial charge on any atom is 0.0187 e. The summed E-state index contributed by atoms with van der Waals surface area (Å²) in [5.74, 6) is 4.98. The van der Waals surface area contributed by atoms with Gasteiger partial charge in [0, 0.05) is 11.5 Å². The molecule has 2 heteroatoms. The van der Waals surface area contributed by atoms with Crippen LogP contribution in [0.15, 0.2) is 24.3 Å². The Labute approximate surface area is 224 Å². The largest absolute Gasteiger partial charge is 0.157 e. The van der Waals surface area contributed by atoms with E-state index >= 15 is 0 Å². The molecular formula is C33H48S2. The highest BCUT2D eigenvalue weighted by atomic mass is 32.2. The summed E-state index contributed by atoms with van der Waals surface area (Å²) in [4.78, 5) is 0. The first-order valence-electron chi connectivity index (χ1n) is 14.1. The molecule has 0 saturated carbocycles. The third-order valence-electron chi connectivity index (χ3n) is 7.95. The van der Waals surface area contributed by atoms with Crippen LogP contribution in [0, 0.1) is 0 Å². The lowest BCUT2D eigenvalue weighted by Crippen LogP contribution is -2.14. The van der Waals surface area contributed by atoms with Gasteiger partial charge in [0.2, 0.25) is 0 Å². The van der Waals surface area contributed by atoms with Gasteiger partial charge < -0.3 is 0 Å². The van der Waals surface area contributed by atoms with E-state index in [0.29, 0.717) is 0 Å². The van der Waals surface area contributed by atoms with Crippen molar-refractivity contribution in [2.24, 2.45) is 0 Å². The molecule has 0 fully saturated rings. The number of fused-ring (bicyclic) bond motifs is 1. The first-order chi connectivity index (χ1) is 16.6. The Kier molecular flexibility index (Phi) is 9.07. The van der Waals surface area contributed by atoms with Crippen LogP contribution in [0.1, 0.15) is 125 Å². The third kappa shape index (κ3) is 7.13. The molecule has 0 unspecified atom stereocenters. The fourth-order valence-electron chi connectivity index (χ4n) is 5.61. The van der Waals surface area contributed by atoms with Crippen molar-refractivity contribution < 1.29 is 0 Å². The van der Waals surface area contributed by atoms with Gasteiger partial charge in [0.05, 0.1) is 0 Å². The van der Waals surface area contributed by atoms with Gasteiger partial charge in [-0.15, -0.1) is 0 Å². The minimum Gasteiger partial charge on any atom is -0.157 e. The van der Waals surface area contributed by atoms with Gasteiger partial charge in [-0.3, -0.25) is 0 Å². The van der Waals surface area contributed by atoms with Crippen molar-refractivity contribution in [3.05, 3.63) is 68.8 Å². The van der Waals surface area contributed by atoms with E-state index in [0.717, 1.165) is 6.42 Å². The lowest BCUT2D eigenvalue weighted by atomic mass is 9.81. The summed E-state index contributed by atoms with van der Waals surface area (Å²) in [5, 5.41) is 0. The fraction of sp³-hybridized carbons (Fsp3) is 0.636. The van der Waals surface area contributed by atoms with Crippen LogP contribution in [0.2, 0.25) is 0 Å². The number of hydrogen-bond acceptors (Lipinski definition) is 2. The van der Waals surface area contributed by atoms with Crippen molar-refractivity contribution in [1.29, 1.82) is 0 Å². The van der Waals surface area contributed by atoms with Crippen LogP contribution in [-0.2, 0) is 41.6 Å². The SMILES string of the molecule is CC(C)(C)c1cc2c3c(c1)Cc1cc(C(C)(C)C)cc(c1CC3)CSCCCCCCCCSC2. The highest BCUT2D eigenvalue weighted by molar-refractivity contribution is 7.98. The zero-order valence-electron chi connectivity index (χ0n) is 23.3. The van der Waals surface area contributed by atoms with Crippen molar-refractivity contribution in [3.8, 4) is 0 Å². The van der Waals surface area contributed by atoms with Crippen LogP contribution in [0.3, 0.4) is 0 Å². The second-order valence-corrected chi connectivity index (χ2v) is 15.2. The summed E-state index contributed by atoms with van der Waals surface area (Å²) in [6, 6.07) is 10.3. The van der Waals surface area contributed by atoms with Crippen molar-refractivity contribution in [2.45, 2.75) is 122 Å². The molecule has 0 nitrogen and oxygen atoms in total. The molecule has 0 atom stereocenters. The van der Waals surface area contributed by atoms with Crippen molar-refractivity contribution in [3.63, 3.8) is 0 Å². The van der Waals surface area contributed by atoms with Gasteiger partial charge in [0.25, 0.3) is 0 Å². The maximum atomic E-state index is 2.57. The lowest BCUT2D eigenvalue weighted by molar-refractivity contribution is 0.588. The number of benzene rings is 2. The first-order valence-corrected chi connectivity index (χ1v) is 16.4. The van der Waals surface area contributed by atoms with Gasteiger partial charge in [-0.2, -0.15) is 23.5 Å². The molecule has 0 N–H and O–H groups in total. The smallest absolute Gasteiger partial charge is 0.0187 e. The van der Waals surface area contributed by atoms with E-state index in [1.807, 2.05) is 0 Å². The van der Waals surface area contributed by atoms with Crippen LogP contribution >= 0.6 is 23.5 Å². The summed E-state index contributed by atoms with van der Waals surface area (Å²) in [6.45, 7) is 14.3. The topological polar surface area (TPSA) is 0 Å². The molecule has 192 valence electrons. The highest BCUT2D eigenvalue weighted by Crippen LogP contribution is 2.37. The van der Waals surface area contributed by atoms with E-state index in [-0.39, 0.29) is 10.8 Å². The molecule has 2 aromatic carbocycles. The van der Waals surface area contributed by atoms with E-state index in [4.69, 9.17) is 0 Å². The average Bonchev–Trinajstić information content (AvgIpc) is 2.97. The molecule has 0 aromatic heterocycles. The predicted molar refractivity (Wildman–Crippen MR) is 161 cm³/mol. The number of thioether (sulfide) groups is 2. The zero-order valence-corrected chi connectivity index (χ0v) is 25.0. The van der Waals surface area contributed by atoms with Crippen LogP contribution in [0.5, 0.6) is 0 Å². The molecule has 1 aliphatic carbocycles. The van der Waals surface area contributed by atoms with Gasteiger partial charge in [0.1, 0.15) is 0 Å². The van der Waals surface area contributed by atoms with Gasteiger partial charge >= 0.3 is 0 Å². The molecule has 2 aliphatic rings. The summed E-state index contributed by atoms with van der Waals surface area (Å²) in [6.07, 6.45) is 11.9. The molecule has 1 heterocycles. The van der Waals surface area contributed by atoms with Crippen molar-refractivity contribution in [2.75, 3.05) is 11.5 Å². The van der Waals surface area contributed by atoms with Gasteiger partial charge in [-0.05, 0) is 98.9 Å². The quantitative estimate of drug-likeness (QED) is 0.347. The first kappa shape index (κ1) is 27.2. The second kappa shape index (κ2) is 11.7. The summed E-state index contributed by atoms with van der Waals surface area (Å²) in [7, 11) is 0. The third-order valence-corrected chi connectivity index (χ3v) is 10.1. The molecule has 0 spiro atoms. The Morgan fingerprint density at radius 1 is 0.514 bits per heavy atom. The predicted octanol–water partition coefficient (Wildman–Crippen LogP) is 9.79. The molecule has 0 radical (unpaired) electrons. The standard InChI is InChI=1S/C33H48S2/c1-32(2,3)28-18-24-17-25-19-29(33(4,5)6)21-27-23-35-16-12-10-8-7-9-11-15-34-22-26(20-28)30(24)13-14-31(25)27/h18-21H,7-17,22-23H2,1-6H3. The lowest BCUT2D eigenvalue weighted by Gasteiger charge is -2.24. The summed E-state index contributed by atoms with van der Waals surface area (Å²) < 4.78 is 0. The normalized spacial score (nSPS) is 18.6. The molecule has 0 amide bonds. The van der Waals surface area contributed by atoms with Crippen molar-refractivity contribution >= 4 is 23.5 Å².